The Bertz CT molecular complexity index is 385. The first-order valence-electron chi connectivity index (χ1n) is 5.24. The van der Waals surface area contributed by atoms with E-state index in [4.69, 9.17) is 10.5 Å². The lowest BCUT2D eigenvalue weighted by Gasteiger charge is -2.17. The molecule has 0 spiro atoms. The molecule has 2 N–H and O–H groups in total. The Morgan fingerprint density at radius 1 is 1.53 bits per heavy atom. The molecular formula is C12H15NO2. The van der Waals surface area contributed by atoms with Gasteiger partial charge in [0, 0.05) is 5.56 Å². The van der Waals surface area contributed by atoms with Crippen LogP contribution >= 0.6 is 0 Å². The van der Waals surface area contributed by atoms with Crippen molar-refractivity contribution in [2.75, 3.05) is 6.61 Å². The smallest absolute Gasteiger partial charge is 0.179 e. The summed E-state index contributed by atoms with van der Waals surface area (Å²) in [5.74, 6) is 0.894. The summed E-state index contributed by atoms with van der Waals surface area (Å²) < 4.78 is 5.48. The maximum absolute atomic E-state index is 11.7. The number of carbonyl (C=O) groups is 1. The van der Waals surface area contributed by atoms with Gasteiger partial charge in [-0.2, -0.15) is 0 Å². The second kappa shape index (κ2) is 4.03. The van der Waals surface area contributed by atoms with E-state index in [0.717, 1.165) is 30.8 Å². The van der Waals surface area contributed by atoms with Gasteiger partial charge in [-0.3, -0.25) is 4.79 Å². The third-order valence-electron chi connectivity index (χ3n) is 2.61. The van der Waals surface area contributed by atoms with Crippen LogP contribution in [0.4, 0.5) is 0 Å². The molecule has 0 amide bonds. The Kier molecular flexibility index (Phi) is 2.73. The van der Waals surface area contributed by atoms with Crippen molar-refractivity contribution in [3.8, 4) is 5.75 Å². The third-order valence-corrected chi connectivity index (χ3v) is 2.61. The highest BCUT2D eigenvalue weighted by atomic mass is 16.5. The minimum Gasteiger partial charge on any atom is -0.493 e. The monoisotopic (exact) mass is 205 g/mol. The summed E-state index contributed by atoms with van der Waals surface area (Å²) in [6.45, 7) is 2.48. The fraction of sp³-hybridized carbons (Fsp3) is 0.417. The number of rotatable bonds is 2. The van der Waals surface area contributed by atoms with E-state index in [2.05, 4.69) is 0 Å². The Morgan fingerprint density at radius 3 is 3.07 bits per heavy atom. The standard InChI is InChI=1S/C12H15NO2/c1-8(13)12(14)10-4-5-11-9(7-10)3-2-6-15-11/h4-5,7-8H,2-3,6,13H2,1H3. The molecule has 15 heavy (non-hydrogen) atoms. The lowest BCUT2D eigenvalue weighted by atomic mass is 9.99. The molecular weight excluding hydrogens is 190 g/mol. The molecule has 2 rings (SSSR count). The second-order valence-corrected chi connectivity index (χ2v) is 3.93. The first kappa shape index (κ1) is 10.2. The summed E-state index contributed by atoms with van der Waals surface area (Å²) in [7, 11) is 0. The van der Waals surface area contributed by atoms with Crippen LogP contribution in [0.2, 0.25) is 0 Å². The number of aryl methyl sites for hydroxylation is 1. The van der Waals surface area contributed by atoms with E-state index < -0.39 is 6.04 Å². The summed E-state index contributed by atoms with van der Waals surface area (Å²) in [5.41, 5.74) is 7.37. The minimum absolute atomic E-state index is 0.0108. The number of Topliss-reactive ketones (excluding diaryl/α,β-unsaturated/α-hetero) is 1. The highest BCUT2D eigenvalue weighted by molar-refractivity contribution is 6.00. The molecule has 1 heterocycles. The number of fused-ring (bicyclic) bond motifs is 1. The summed E-state index contributed by atoms with van der Waals surface area (Å²) >= 11 is 0. The largest absolute Gasteiger partial charge is 0.493 e. The fourth-order valence-corrected chi connectivity index (χ4v) is 1.78. The number of benzene rings is 1. The van der Waals surface area contributed by atoms with Crippen molar-refractivity contribution in [2.45, 2.75) is 25.8 Å². The average Bonchev–Trinajstić information content (AvgIpc) is 2.27. The fourth-order valence-electron chi connectivity index (χ4n) is 1.78. The number of hydrogen-bond acceptors (Lipinski definition) is 3. The van der Waals surface area contributed by atoms with Gasteiger partial charge in [0.2, 0.25) is 0 Å². The number of ketones is 1. The van der Waals surface area contributed by atoms with Crippen LogP contribution < -0.4 is 10.5 Å². The summed E-state index contributed by atoms with van der Waals surface area (Å²) in [6, 6.07) is 5.12. The number of nitrogens with two attached hydrogens (primary N) is 1. The predicted molar refractivity (Wildman–Crippen MR) is 58.2 cm³/mol. The summed E-state index contributed by atoms with van der Waals surface area (Å²) in [5, 5.41) is 0. The van der Waals surface area contributed by atoms with Crippen molar-refractivity contribution in [1.82, 2.24) is 0 Å². The van der Waals surface area contributed by atoms with Crippen LogP contribution in [0.15, 0.2) is 18.2 Å². The van der Waals surface area contributed by atoms with Crippen LogP contribution in [-0.4, -0.2) is 18.4 Å². The van der Waals surface area contributed by atoms with Gasteiger partial charge in [0.25, 0.3) is 0 Å². The number of hydrogen-bond donors (Lipinski definition) is 1. The zero-order valence-corrected chi connectivity index (χ0v) is 8.82. The van der Waals surface area contributed by atoms with Crippen LogP contribution in [0, 0.1) is 0 Å². The lowest BCUT2D eigenvalue weighted by molar-refractivity contribution is 0.0967. The lowest BCUT2D eigenvalue weighted by Crippen LogP contribution is -2.26. The Balaban J connectivity index is 2.32. The molecule has 1 aliphatic rings. The van der Waals surface area contributed by atoms with Crippen LogP contribution in [0.5, 0.6) is 5.75 Å². The first-order chi connectivity index (χ1) is 7.18. The molecule has 0 saturated heterocycles. The van der Waals surface area contributed by atoms with Crippen molar-refractivity contribution in [3.63, 3.8) is 0 Å². The minimum atomic E-state index is -0.437. The summed E-state index contributed by atoms with van der Waals surface area (Å²) in [6.07, 6.45) is 2.00. The van der Waals surface area contributed by atoms with Crippen LogP contribution in [0.1, 0.15) is 29.3 Å². The first-order valence-corrected chi connectivity index (χ1v) is 5.24. The van der Waals surface area contributed by atoms with Crippen molar-refractivity contribution < 1.29 is 9.53 Å². The topological polar surface area (TPSA) is 52.3 Å². The van der Waals surface area contributed by atoms with Gasteiger partial charge in [-0.25, -0.2) is 0 Å². The normalized spacial score (nSPS) is 16.4. The van der Waals surface area contributed by atoms with Crippen molar-refractivity contribution in [2.24, 2.45) is 5.73 Å². The van der Waals surface area contributed by atoms with E-state index >= 15 is 0 Å². The molecule has 1 unspecified atom stereocenters. The van der Waals surface area contributed by atoms with Gasteiger partial charge in [0.15, 0.2) is 5.78 Å². The van der Waals surface area contributed by atoms with Crippen LogP contribution in [0.25, 0.3) is 0 Å². The SMILES string of the molecule is CC(N)C(=O)c1ccc2c(c1)CCCO2. The summed E-state index contributed by atoms with van der Waals surface area (Å²) in [4.78, 5) is 11.7. The van der Waals surface area contributed by atoms with E-state index in [1.54, 1.807) is 13.0 Å². The Labute approximate surface area is 89.2 Å². The van der Waals surface area contributed by atoms with Gasteiger partial charge in [0.05, 0.1) is 12.6 Å². The molecule has 1 atom stereocenters. The molecule has 0 aromatic heterocycles. The van der Waals surface area contributed by atoms with E-state index in [1.165, 1.54) is 0 Å². The molecule has 3 nitrogen and oxygen atoms in total. The molecule has 3 heteroatoms. The maximum atomic E-state index is 11.7. The molecule has 1 aromatic rings. The van der Waals surface area contributed by atoms with Gasteiger partial charge >= 0.3 is 0 Å². The van der Waals surface area contributed by atoms with Crippen LogP contribution in [0.3, 0.4) is 0 Å². The molecule has 80 valence electrons. The van der Waals surface area contributed by atoms with Gasteiger partial charge in [-0.15, -0.1) is 0 Å². The Morgan fingerprint density at radius 2 is 2.33 bits per heavy atom. The molecule has 0 saturated carbocycles. The predicted octanol–water partition coefficient (Wildman–Crippen LogP) is 1.54. The quantitative estimate of drug-likeness (QED) is 0.745. The second-order valence-electron chi connectivity index (χ2n) is 3.93. The van der Waals surface area contributed by atoms with Gasteiger partial charge < -0.3 is 10.5 Å². The highest BCUT2D eigenvalue weighted by Gasteiger charge is 2.15. The van der Waals surface area contributed by atoms with Crippen molar-refractivity contribution in [1.29, 1.82) is 0 Å². The molecule has 0 radical (unpaired) electrons. The zero-order valence-electron chi connectivity index (χ0n) is 8.82. The maximum Gasteiger partial charge on any atom is 0.179 e. The highest BCUT2D eigenvalue weighted by Crippen LogP contribution is 2.25. The molecule has 1 aliphatic heterocycles. The third kappa shape index (κ3) is 2.02. The van der Waals surface area contributed by atoms with Crippen LogP contribution in [-0.2, 0) is 6.42 Å². The van der Waals surface area contributed by atoms with Gasteiger partial charge in [0.1, 0.15) is 5.75 Å². The van der Waals surface area contributed by atoms with Gasteiger partial charge in [-0.05, 0) is 43.5 Å². The zero-order chi connectivity index (χ0) is 10.8. The van der Waals surface area contributed by atoms with Gasteiger partial charge in [-0.1, -0.05) is 0 Å². The van der Waals surface area contributed by atoms with E-state index in [9.17, 15) is 4.79 Å². The Hall–Kier alpha value is -1.35. The number of ether oxygens (including phenoxy) is 1. The van der Waals surface area contributed by atoms with E-state index in [0.29, 0.717) is 5.56 Å². The number of carbonyl (C=O) groups excluding carboxylic acids is 1. The van der Waals surface area contributed by atoms with Crippen molar-refractivity contribution >= 4 is 5.78 Å². The van der Waals surface area contributed by atoms with Crippen molar-refractivity contribution in [3.05, 3.63) is 29.3 Å². The van der Waals surface area contributed by atoms with E-state index in [1.807, 2.05) is 12.1 Å². The molecule has 0 bridgehead atoms. The molecule has 0 aliphatic carbocycles. The molecule has 1 aromatic carbocycles. The average molecular weight is 205 g/mol. The van der Waals surface area contributed by atoms with E-state index in [-0.39, 0.29) is 5.78 Å². The molecule has 0 fully saturated rings.